The van der Waals surface area contributed by atoms with Crippen molar-refractivity contribution in [3.63, 3.8) is 0 Å². The van der Waals surface area contributed by atoms with Crippen LogP contribution in [0.15, 0.2) is 24.3 Å². The van der Waals surface area contributed by atoms with E-state index in [1.165, 1.54) is 0 Å². The van der Waals surface area contributed by atoms with Gasteiger partial charge in [-0.3, -0.25) is 9.89 Å². The van der Waals surface area contributed by atoms with Gasteiger partial charge in [-0.25, -0.2) is 4.79 Å². The molecule has 0 saturated carbocycles. The van der Waals surface area contributed by atoms with Gasteiger partial charge in [0.1, 0.15) is 5.69 Å². The molecule has 1 saturated heterocycles. The van der Waals surface area contributed by atoms with Crippen molar-refractivity contribution in [3.05, 3.63) is 40.0 Å². The first-order valence-corrected chi connectivity index (χ1v) is 8.97. The lowest BCUT2D eigenvalue weighted by Gasteiger charge is -2.33. The first kappa shape index (κ1) is 18.5. The molecule has 0 atom stereocenters. The van der Waals surface area contributed by atoms with E-state index in [1.807, 2.05) is 0 Å². The molecule has 0 aliphatic carbocycles. The number of hydrogen-bond acceptors (Lipinski definition) is 4. The Hall–Kier alpha value is -2.25. The van der Waals surface area contributed by atoms with Crippen LogP contribution in [0, 0.1) is 0 Å². The lowest BCUT2D eigenvalue weighted by molar-refractivity contribution is 0.0566. The van der Waals surface area contributed by atoms with Gasteiger partial charge in [-0.05, 0) is 31.2 Å². The summed E-state index contributed by atoms with van der Waals surface area (Å²) >= 11 is 12.1. The average molecular weight is 397 g/mol. The first-order valence-electron chi connectivity index (χ1n) is 8.21. The second-order valence-corrected chi connectivity index (χ2v) is 6.61. The number of piperazine rings is 1. The van der Waals surface area contributed by atoms with E-state index >= 15 is 0 Å². The molecule has 9 heteroatoms. The molecule has 26 heavy (non-hydrogen) atoms. The maximum atomic E-state index is 12.7. The molecule has 1 aromatic heterocycles. The zero-order valence-corrected chi connectivity index (χ0v) is 15.7. The van der Waals surface area contributed by atoms with E-state index in [0.717, 1.165) is 0 Å². The summed E-state index contributed by atoms with van der Waals surface area (Å²) in [6, 6.07) is 6.76. The van der Waals surface area contributed by atoms with Gasteiger partial charge in [-0.15, -0.1) is 0 Å². The summed E-state index contributed by atoms with van der Waals surface area (Å²) in [4.78, 5) is 27.6. The van der Waals surface area contributed by atoms with Gasteiger partial charge in [0.2, 0.25) is 0 Å². The van der Waals surface area contributed by atoms with Crippen LogP contribution in [-0.4, -0.2) is 64.8 Å². The maximum Gasteiger partial charge on any atom is 0.409 e. The van der Waals surface area contributed by atoms with Crippen molar-refractivity contribution in [3.8, 4) is 11.3 Å². The van der Waals surface area contributed by atoms with Crippen LogP contribution in [0.4, 0.5) is 4.79 Å². The summed E-state index contributed by atoms with van der Waals surface area (Å²) in [5, 5.41) is 7.93. The van der Waals surface area contributed by atoms with Crippen molar-refractivity contribution in [2.75, 3.05) is 32.8 Å². The van der Waals surface area contributed by atoms with Gasteiger partial charge >= 0.3 is 6.09 Å². The molecule has 2 amide bonds. The topological polar surface area (TPSA) is 78.5 Å². The number of amides is 2. The lowest BCUT2D eigenvalue weighted by Crippen LogP contribution is -2.50. The molecule has 0 unspecified atom stereocenters. The molecule has 7 nitrogen and oxygen atoms in total. The van der Waals surface area contributed by atoms with Gasteiger partial charge in [0.15, 0.2) is 0 Å². The van der Waals surface area contributed by atoms with Gasteiger partial charge in [0.25, 0.3) is 5.91 Å². The lowest BCUT2D eigenvalue weighted by atomic mass is 10.1. The number of H-pyrrole nitrogens is 1. The zero-order chi connectivity index (χ0) is 18.7. The fourth-order valence-corrected chi connectivity index (χ4v) is 3.25. The Morgan fingerprint density at radius 3 is 2.50 bits per heavy atom. The summed E-state index contributed by atoms with van der Waals surface area (Å²) in [6.07, 6.45) is -0.346. The minimum atomic E-state index is -0.346. The Morgan fingerprint density at radius 1 is 1.15 bits per heavy atom. The highest BCUT2D eigenvalue weighted by atomic mass is 35.5. The molecule has 138 valence electrons. The van der Waals surface area contributed by atoms with E-state index in [-0.39, 0.29) is 12.0 Å². The summed E-state index contributed by atoms with van der Waals surface area (Å²) in [5.41, 5.74) is 1.63. The Balaban J connectivity index is 1.66. The summed E-state index contributed by atoms with van der Waals surface area (Å²) in [6.45, 7) is 3.85. The van der Waals surface area contributed by atoms with Crippen LogP contribution in [0.3, 0.4) is 0 Å². The van der Waals surface area contributed by atoms with E-state index in [1.54, 1.807) is 41.0 Å². The molecule has 2 heterocycles. The van der Waals surface area contributed by atoms with Gasteiger partial charge in [0, 0.05) is 36.8 Å². The Kier molecular flexibility index (Phi) is 5.68. The van der Waals surface area contributed by atoms with Gasteiger partial charge in [-0.2, -0.15) is 5.10 Å². The van der Waals surface area contributed by atoms with Crippen LogP contribution in [0.25, 0.3) is 11.3 Å². The number of hydrogen-bond donors (Lipinski definition) is 1. The van der Waals surface area contributed by atoms with Crippen molar-refractivity contribution in [1.82, 2.24) is 20.0 Å². The second-order valence-electron chi connectivity index (χ2n) is 5.77. The standard InChI is InChI=1S/C17H18Cl2N4O3/c1-2-26-17(25)23-7-5-22(6-8-23)16(24)15-10-14(20-21-15)12-4-3-11(18)9-13(12)19/h3-4,9-10H,2,5-8H2,1H3,(H,20,21). The van der Waals surface area contributed by atoms with Gasteiger partial charge in [0.05, 0.1) is 17.3 Å². The van der Waals surface area contributed by atoms with Crippen LogP contribution in [0.5, 0.6) is 0 Å². The molecule has 0 radical (unpaired) electrons. The molecule has 0 spiro atoms. The number of nitrogens with zero attached hydrogens (tertiary/aromatic N) is 3. The SMILES string of the molecule is CCOC(=O)N1CCN(C(=O)c2cc(-c3ccc(Cl)cc3Cl)n[nH]2)CC1. The third-order valence-electron chi connectivity index (χ3n) is 4.11. The van der Waals surface area contributed by atoms with E-state index < -0.39 is 0 Å². The molecule has 1 aliphatic heterocycles. The third kappa shape index (κ3) is 3.94. The summed E-state index contributed by atoms with van der Waals surface area (Å²) in [7, 11) is 0. The molecule has 1 aromatic carbocycles. The number of ether oxygens (including phenoxy) is 1. The summed E-state index contributed by atoms with van der Waals surface area (Å²) in [5.74, 6) is -0.169. The second kappa shape index (κ2) is 7.97. The number of aromatic amines is 1. The molecule has 1 aliphatic rings. The predicted molar refractivity (Wildman–Crippen MR) is 98.5 cm³/mol. The molecular formula is C17H18Cl2N4O3. The van der Waals surface area contributed by atoms with Crippen LogP contribution >= 0.6 is 23.2 Å². The highest BCUT2D eigenvalue weighted by molar-refractivity contribution is 6.36. The number of rotatable bonds is 3. The molecule has 1 N–H and O–H groups in total. The largest absolute Gasteiger partial charge is 0.450 e. The smallest absolute Gasteiger partial charge is 0.409 e. The van der Waals surface area contributed by atoms with E-state index in [0.29, 0.717) is 59.8 Å². The Bertz CT molecular complexity index is 816. The molecule has 3 rings (SSSR count). The van der Waals surface area contributed by atoms with Crippen molar-refractivity contribution in [1.29, 1.82) is 0 Å². The van der Waals surface area contributed by atoms with Crippen molar-refractivity contribution in [2.45, 2.75) is 6.92 Å². The monoisotopic (exact) mass is 396 g/mol. The molecular weight excluding hydrogens is 379 g/mol. The number of carbonyl (C=O) groups excluding carboxylic acids is 2. The van der Waals surface area contributed by atoms with Crippen LogP contribution in [-0.2, 0) is 4.74 Å². The highest BCUT2D eigenvalue weighted by Crippen LogP contribution is 2.29. The van der Waals surface area contributed by atoms with Crippen molar-refractivity contribution >= 4 is 35.2 Å². The maximum absolute atomic E-state index is 12.7. The molecule has 2 aromatic rings. The highest BCUT2D eigenvalue weighted by Gasteiger charge is 2.26. The van der Waals surface area contributed by atoms with Gasteiger partial charge < -0.3 is 14.5 Å². The zero-order valence-electron chi connectivity index (χ0n) is 14.2. The van der Waals surface area contributed by atoms with Crippen LogP contribution < -0.4 is 0 Å². The predicted octanol–water partition coefficient (Wildman–Crippen LogP) is 3.30. The minimum absolute atomic E-state index is 0.169. The Labute approximate surface area is 160 Å². The van der Waals surface area contributed by atoms with E-state index in [9.17, 15) is 9.59 Å². The average Bonchev–Trinajstić information content (AvgIpc) is 3.11. The molecule has 0 bridgehead atoms. The normalized spacial score (nSPS) is 14.4. The fourth-order valence-electron chi connectivity index (χ4n) is 2.74. The van der Waals surface area contributed by atoms with Crippen LogP contribution in [0.2, 0.25) is 10.0 Å². The van der Waals surface area contributed by atoms with E-state index in [4.69, 9.17) is 27.9 Å². The van der Waals surface area contributed by atoms with Gasteiger partial charge in [-0.1, -0.05) is 23.2 Å². The minimum Gasteiger partial charge on any atom is -0.450 e. The van der Waals surface area contributed by atoms with Crippen molar-refractivity contribution < 1.29 is 14.3 Å². The summed E-state index contributed by atoms with van der Waals surface area (Å²) < 4.78 is 4.98. The quantitative estimate of drug-likeness (QED) is 0.862. The van der Waals surface area contributed by atoms with Crippen LogP contribution in [0.1, 0.15) is 17.4 Å². The van der Waals surface area contributed by atoms with E-state index in [2.05, 4.69) is 10.2 Å². The fraction of sp³-hybridized carbons (Fsp3) is 0.353. The number of aromatic nitrogens is 2. The third-order valence-corrected chi connectivity index (χ3v) is 4.66. The van der Waals surface area contributed by atoms with Crippen molar-refractivity contribution in [2.24, 2.45) is 0 Å². The number of nitrogens with one attached hydrogen (secondary N) is 1. The first-order chi connectivity index (χ1) is 12.5. The number of halogens is 2. The number of carbonyl (C=O) groups is 2. The number of benzene rings is 1. The molecule has 1 fully saturated rings. The Morgan fingerprint density at radius 2 is 1.85 bits per heavy atom.